The first-order valence-electron chi connectivity index (χ1n) is 11.5. The SMILES string of the molecule is O=C1COc2ccc(CNC(=O)c3nc4sc5c(c4c(=O)[nH]3)CCC(c3ccccc3)C5)cc2N1. The van der Waals surface area contributed by atoms with Gasteiger partial charge in [0.15, 0.2) is 6.61 Å². The molecule has 4 aromatic rings. The van der Waals surface area contributed by atoms with Gasteiger partial charge in [-0.05, 0) is 54.0 Å². The van der Waals surface area contributed by atoms with E-state index >= 15 is 0 Å². The second-order valence-electron chi connectivity index (χ2n) is 8.80. The molecule has 2 aliphatic rings. The summed E-state index contributed by atoms with van der Waals surface area (Å²) in [4.78, 5) is 46.2. The number of aromatic nitrogens is 2. The van der Waals surface area contributed by atoms with Crippen LogP contribution in [0.3, 0.4) is 0 Å². The number of fused-ring (bicyclic) bond motifs is 4. The minimum Gasteiger partial charge on any atom is -0.482 e. The molecule has 0 fully saturated rings. The standard InChI is InChI=1S/C26H22N4O4S/c31-21-13-34-19-9-6-14(10-18(19)28-21)12-27-25(33)23-29-24(32)22-17-8-7-16(15-4-2-1-3-5-15)11-20(17)35-26(22)30-23/h1-6,9-10,16H,7-8,11-13H2,(H,27,33)(H,28,31)(H,29,30,32). The lowest BCUT2D eigenvalue weighted by Crippen LogP contribution is -2.28. The minimum atomic E-state index is -0.462. The van der Waals surface area contributed by atoms with E-state index in [0.29, 0.717) is 27.6 Å². The molecule has 2 aromatic heterocycles. The highest BCUT2D eigenvalue weighted by molar-refractivity contribution is 7.18. The van der Waals surface area contributed by atoms with Gasteiger partial charge in [-0.1, -0.05) is 36.4 Å². The number of aromatic amines is 1. The van der Waals surface area contributed by atoms with E-state index in [2.05, 4.69) is 44.9 Å². The maximum Gasteiger partial charge on any atom is 0.287 e. The number of nitrogens with one attached hydrogen (secondary N) is 3. The number of hydrogen-bond acceptors (Lipinski definition) is 6. The number of anilines is 1. The summed E-state index contributed by atoms with van der Waals surface area (Å²) in [6.07, 6.45) is 2.68. The van der Waals surface area contributed by atoms with Crippen LogP contribution < -0.4 is 20.9 Å². The smallest absolute Gasteiger partial charge is 0.287 e. The van der Waals surface area contributed by atoms with Crippen molar-refractivity contribution in [3.05, 3.63) is 86.3 Å². The third-order valence-electron chi connectivity index (χ3n) is 6.53. The highest BCUT2D eigenvalue weighted by Crippen LogP contribution is 2.39. The number of thiophene rings is 1. The lowest BCUT2D eigenvalue weighted by Gasteiger charge is -2.22. The minimum absolute atomic E-state index is 0.00435. The summed E-state index contributed by atoms with van der Waals surface area (Å²) in [5.41, 5.74) is 3.45. The van der Waals surface area contributed by atoms with Crippen LogP contribution in [-0.2, 0) is 24.2 Å². The first-order chi connectivity index (χ1) is 17.0. The number of rotatable bonds is 4. The van der Waals surface area contributed by atoms with Crippen molar-refractivity contribution in [1.29, 1.82) is 0 Å². The van der Waals surface area contributed by atoms with E-state index in [4.69, 9.17) is 4.74 Å². The van der Waals surface area contributed by atoms with E-state index in [9.17, 15) is 14.4 Å². The van der Waals surface area contributed by atoms with Gasteiger partial charge in [-0.3, -0.25) is 14.4 Å². The Morgan fingerprint density at radius 3 is 2.89 bits per heavy atom. The van der Waals surface area contributed by atoms with Gasteiger partial charge in [-0.2, -0.15) is 0 Å². The highest BCUT2D eigenvalue weighted by Gasteiger charge is 2.26. The lowest BCUT2D eigenvalue weighted by atomic mass is 9.83. The van der Waals surface area contributed by atoms with Crippen LogP contribution in [0.4, 0.5) is 5.69 Å². The third-order valence-corrected chi connectivity index (χ3v) is 7.68. The molecule has 1 atom stereocenters. The molecule has 9 heteroatoms. The summed E-state index contributed by atoms with van der Waals surface area (Å²) in [6, 6.07) is 15.8. The lowest BCUT2D eigenvalue weighted by molar-refractivity contribution is -0.118. The molecule has 0 spiro atoms. The molecular weight excluding hydrogens is 464 g/mol. The van der Waals surface area contributed by atoms with Crippen LogP contribution in [0.5, 0.6) is 5.75 Å². The van der Waals surface area contributed by atoms with Crippen molar-refractivity contribution in [2.24, 2.45) is 0 Å². The van der Waals surface area contributed by atoms with Crippen LogP contribution in [-0.4, -0.2) is 28.4 Å². The van der Waals surface area contributed by atoms with Gasteiger partial charge in [-0.25, -0.2) is 4.98 Å². The Labute approximate surface area is 204 Å². The van der Waals surface area contributed by atoms with Crippen LogP contribution in [0.1, 0.15) is 44.5 Å². The zero-order valence-corrected chi connectivity index (χ0v) is 19.5. The number of nitrogens with zero attached hydrogens (tertiary/aromatic N) is 1. The van der Waals surface area contributed by atoms with E-state index < -0.39 is 5.91 Å². The summed E-state index contributed by atoms with van der Waals surface area (Å²) in [6.45, 7) is 0.201. The molecule has 6 rings (SSSR count). The van der Waals surface area contributed by atoms with Crippen molar-refractivity contribution in [2.75, 3.05) is 11.9 Å². The summed E-state index contributed by atoms with van der Waals surface area (Å²) < 4.78 is 5.36. The van der Waals surface area contributed by atoms with E-state index in [0.717, 1.165) is 30.4 Å². The fraction of sp³-hybridized carbons (Fsp3) is 0.231. The highest BCUT2D eigenvalue weighted by atomic mass is 32.1. The Balaban J connectivity index is 1.21. The van der Waals surface area contributed by atoms with Crippen LogP contribution in [0.15, 0.2) is 53.3 Å². The first-order valence-corrected chi connectivity index (χ1v) is 12.3. The van der Waals surface area contributed by atoms with Crippen molar-refractivity contribution < 1.29 is 14.3 Å². The van der Waals surface area contributed by atoms with Crippen LogP contribution in [0.2, 0.25) is 0 Å². The Morgan fingerprint density at radius 2 is 2.03 bits per heavy atom. The van der Waals surface area contributed by atoms with Crippen molar-refractivity contribution >= 4 is 39.1 Å². The van der Waals surface area contributed by atoms with Gasteiger partial charge in [0.25, 0.3) is 17.4 Å². The van der Waals surface area contributed by atoms with Crippen LogP contribution >= 0.6 is 11.3 Å². The average Bonchev–Trinajstić information content (AvgIpc) is 3.25. The largest absolute Gasteiger partial charge is 0.482 e. The van der Waals surface area contributed by atoms with Crippen molar-refractivity contribution in [2.45, 2.75) is 31.7 Å². The maximum atomic E-state index is 12.9. The number of hydrogen-bond donors (Lipinski definition) is 3. The molecule has 35 heavy (non-hydrogen) atoms. The number of ether oxygens (including phenoxy) is 1. The van der Waals surface area contributed by atoms with Crippen molar-refractivity contribution in [3.63, 3.8) is 0 Å². The molecule has 0 saturated heterocycles. The van der Waals surface area contributed by atoms with E-state index in [1.165, 1.54) is 21.8 Å². The molecule has 1 aliphatic carbocycles. The van der Waals surface area contributed by atoms with E-state index in [1.54, 1.807) is 12.1 Å². The van der Waals surface area contributed by atoms with Crippen LogP contribution in [0.25, 0.3) is 10.2 Å². The Hall–Kier alpha value is -3.98. The molecule has 1 aliphatic heterocycles. The predicted octanol–water partition coefficient (Wildman–Crippen LogP) is 3.52. The molecule has 0 bridgehead atoms. The Bertz CT molecular complexity index is 1530. The van der Waals surface area contributed by atoms with Gasteiger partial charge in [0.05, 0.1) is 11.1 Å². The number of benzene rings is 2. The van der Waals surface area contributed by atoms with Crippen molar-refractivity contribution in [3.8, 4) is 5.75 Å². The van der Waals surface area contributed by atoms with Gasteiger partial charge in [-0.15, -0.1) is 11.3 Å². The van der Waals surface area contributed by atoms with Crippen LogP contribution in [0, 0.1) is 0 Å². The number of aryl methyl sites for hydroxylation is 1. The molecule has 2 amide bonds. The maximum absolute atomic E-state index is 12.9. The molecule has 3 heterocycles. The van der Waals surface area contributed by atoms with Gasteiger partial charge >= 0.3 is 0 Å². The second kappa shape index (κ2) is 8.66. The normalized spacial score (nSPS) is 16.7. The number of carbonyl (C=O) groups is 2. The zero-order chi connectivity index (χ0) is 23.9. The fourth-order valence-corrected chi connectivity index (χ4v) is 6.11. The Kier molecular flexibility index (Phi) is 5.33. The van der Waals surface area contributed by atoms with Gasteiger partial charge < -0.3 is 20.4 Å². The summed E-state index contributed by atoms with van der Waals surface area (Å²) in [7, 11) is 0. The summed E-state index contributed by atoms with van der Waals surface area (Å²) in [5, 5.41) is 6.15. The van der Waals surface area contributed by atoms with Crippen molar-refractivity contribution in [1.82, 2.24) is 15.3 Å². The molecular formula is C26H22N4O4S. The molecule has 0 radical (unpaired) electrons. The van der Waals surface area contributed by atoms with Gasteiger partial charge in [0.1, 0.15) is 10.6 Å². The predicted molar refractivity (Wildman–Crippen MR) is 133 cm³/mol. The summed E-state index contributed by atoms with van der Waals surface area (Å²) in [5.74, 6) is 0.325. The quantitative estimate of drug-likeness (QED) is 0.409. The van der Waals surface area contributed by atoms with Gasteiger partial charge in [0.2, 0.25) is 5.82 Å². The number of H-pyrrole nitrogens is 1. The Morgan fingerprint density at radius 1 is 1.17 bits per heavy atom. The fourth-order valence-electron chi connectivity index (χ4n) is 4.81. The molecule has 2 aromatic carbocycles. The van der Waals surface area contributed by atoms with E-state index in [1.807, 2.05) is 12.1 Å². The zero-order valence-electron chi connectivity index (χ0n) is 18.7. The number of carbonyl (C=O) groups excluding carboxylic acids is 2. The summed E-state index contributed by atoms with van der Waals surface area (Å²) >= 11 is 1.51. The third kappa shape index (κ3) is 4.08. The topological polar surface area (TPSA) is 113 Å². The molecule has 176 valence electrons. The molecule has 0 saturated carbocycles. The second-order valence-corrected chi connectivity index (χ2v) is 9.88. The monoisotopic (exact) mass is 486 g/mol. The number of amides is 2. The molecule has 1 unspecified atom stereocenters. The van der Waals surface area contributed by atoms with Gasteiger partial charge in [0, 0.05) is 11.4 Å². The average molecular weight is 487 g/mol. The van der Waals surface area contributed by atoms with E-state index in [-0.39, 0.29) is 30.4 Å². The first kappa shape index (κ1) is 21.5. The molecule has 3 N–H and O–H groups in total. The molecule has 8 nitrogen and oxygen atoms in total.